The Kier molecular flexibility index (Phi) is 8.12. The highest BCUT2D eigenvalue weighted by molar-refractivity contribution is 7.89. The number of hydrogen-bond donors (Lipinski definition) is 0. The zero-order chi connectivity index (χ0) is 31.0. The number of benzene rings is 3. The predicted octanol–water partition coefficient (Wildman–Crippen LogP) is 6.05. The van der Waals surface area contributed by atoms with Crippen LogP contribution in [0.5, 0.6) is 5.75 Å². The molecule has 0 radical (unpaired) electrons. The highest BCUT2D eigenvalue weighted by Crippen LogP contribution is 2.32. The van der Waals surface area contributed by atoms with Gasteiger partial charge in [0.1, 0.15) is 16.4 Å². The van der Waals surface area contributed by atoms with Crippen LogP contribution in [0, 0.1) is 17.0 Å². The summed E-state index contributed by atoms with van der Waals surface area (Å²) in [5, 5.41) is 11.2. The van der Waals surface area contributed by atoms with Gasteiger partial charge in [0, 0.05) is 50.6 Å². The fourth-order valence-corrected chi connectivity index (χ4v) is 7.15. The van der Waals surface area contributed by atoms with E-state index in [9.17, 15) is 18.5 Å². The van der Waals surface area contributed by atoms with E-state index in [1.807, 2.05) is 36.4 Å². The van der Waals surface area contributed by atoms with E-state index in [0.29, 0.717) is 19.6 Å². The van der Waals surface area contributed by atoms with Crippen molar-refractivity contribution in [3.63, 3.8) is 0 Å². The zero-order valence-corrected chi connectivity index (χ0v) is 25.8. The van der Waals surface area contributed by atoms with Crippen LogP contribution >= 0.6 is 11.6 Å². The Balaban J connectivity index is 1.31. The van der Waals surface area contributed by atoms with Gasteiger partial charge in [0.05, 0.1) is 28.3 Å². The van der Waals surface area contributed by atoms with Crippen molar-refractivity contribution in [1.82, 2.24) is 18.6 Å². The third kappa shape index (κ3) is 5.79. The quantitative estimate of drug-likeness (QED) is 0.151. The number of fused-ring (bicyclic) bond motifs is 1. The maximum absolute atomic E-state index is 13.4. The standard InChI is InChI=1S/C32H30ClN5O5S/c1-22-5-3-6-23(17-22)25-9-12-31-34-32(24-7-4-8-26(18-24)43-2)30(37(31)20-25)21-35-13-15-36(16-14-35)44(41,42)27-10-11-28(33)29(19-27)38(39)40/h3-12,17-20H,13-16,21H2,1-2H3. The second kappa shape index (κ2) is 12.0. The molecule has 1 saturated heterocycles. The average molecular weight is 632 g/mol. The second-order valence-corrected chi connectivity index (χ2v) is 13.1. The number of rotatable bonds is 8. The van der Waals surface area contributed by atoms with Crippen molar-refractivity contribution < 1.29 is 18.1 Å². The topological polar surface area (TPSA) is 110 Å². The van der Waals surface area contributed by atoms with E-state index in [4.69, 9.17) is 21.3 Å². The monoisotopic (exact) mass is 631 g/mol. The minimum atomic E-state index is -3.94. The van der Waals surface area contributed by atoms with Crippen molar-refractivity contribution >= 4 is 33.0 Å². The molecule has 1 fully saturated rings. The summed E-state index contributed by atoms with van der Waals surface area (Å²) in [6.07, 6.45) is 2.10. The van der Waals surface area contributed by atoms with E-state index >= 15 is 0 Å². The molecule has 3 aromatic carbocycles. The number of pyridine rings is 1. The number of methoxy groups -OCH3 is 1. The van der Waals surface area contributed by atoms with Crippen LogP contribution in [0.3, 0.4) is 0 Å². The molecule has 0 N–H and O–H groups in total. The summed E-state index contributed by atoms with van der Waals surface area (Å²) < 4.78 is 35.7. The molecule has 2 aromatic heterocycles. The third-order valence-corrected chi connectivity index (χ3v) is 10.1. The van der Waals surface area contributed by atoms with Crippen molar-refractivity contribution in [1.29, 1.82) is 0 Å². The van der Waals surface area contributed by atoms with E-state index in [-0.39, 0.29) is 23.0 Å². The van der Waals surface area contributed by atoms with Gasteiger partial charge in [-0.3, -0.25) is 15.0 Å². The number of aryl methyl sites for hydroxylation is 1. The van der Waals surface area contributed by atoms with Crippen LogP contribution in [0.15, 0.2) is 90.0 Å². The highest BCUT2D eigenvalue weighted by Gasteiger charge is 2.31. The van der Waals surface area contributed by atoms with Crippen LogP contribution in [0.2, 0.25) is 5.02 Å². The molecule has 44 heavy (non-hydrogen) atoms. The Morgan fingerprint density at radius 1 is 0.932 bits per heavy atom. The molecular weight excluding hydrogens is 602 g/mol. The number of nitrogens with zero attached hydrogens (tertiary/aromatic N) is 5. The maximum Gasteiger partial charge on any atom is 0.289 e. The molecule has 0 unspecified atom stereocenters. The minimum Gasteiger partial charge on any atom is -0.497 e. The number of imidazole rings is 1. The van der Waals surface area contributed by atoms with Gasteiger partial charge in [0.15, 0.2) is 0 Å². The number of nitro benzene ring substituents is 1. The van der Waals surface area contributed by atoms with Crippen LogP contribution in [0.25, 0.3) is 28.0 Å². The summed E-state index contributed by atoms with van der Waals surface area (Å²) in [5.41, 5.74) is 6.44. The largest absolute Gasteiger partial charge is 0.497 e. The number of piperazine rings is 1. The van der Waals surface area contributed by atoms with E-state index in [1.54, 1.807) is 7.11 Å². The number of nitro groups is 1. The summed E-state index contributed by atoms with van der Waals surface area (Å²) in [4.78, 5) is 17.7. The van der Waals surface area contributed by atoms with Crippen molar-refractivity contribution in [2.45, 2.75) is 18.4 Å². The van der Waals surface area contributed by atoms with Gasteiger partial charge in [0.25, 0.3) is 5.69 Å². The van der Waals surface area contributed by atoms with Gasteiger partial charge in [-0.25, -0.2) is 13.4 Å². The minimum absolute atomic E-state index is 0.107. The van der Waals surface area contributed by atoms with Crippen LogP contribution < -0.4 is 4.74 Å². The van der Waals surface area contributed by atoms with Gasteiger partial charge in [-0.2, -0.15) is 4.31 Å². The predicted molar refractivity (Wildman–Crippen MR) is 169 cm³/mol. The summed E-state index contributed by atoms with van der Waals surface area (Å²) in [5.74, 6) is 0.729. The second-order valence-electron chi connectivity index (χ2n) is 10.7. The van der Waals surface area contributed by atoms with Gasteiger partial charge >= 0.3 is 0 Å². The molecule has 0 saturated carbocycles. The van der Waals surface area contributed by atoms with Gasteiger partial charge in [-0.15, -0.1) is 0 Å². The normalized spacial score (nSPS) is 14.6. The molecule has 3 heterocycles. The fraction of sp³-hybridized carbons (Fsp3) is 0.219. The molecule has 0 amide bonds. The summed E-state index contributed by atoms with van der Waals surface area (Å²) in [6.45, 7) is 4.01. The molecule has 12 heteroatoms. The molecule has 0 atom stereocenters. The molecule has 5 aromatic rings. The first kappa shape index (κ1) is 29.8. The third-order valence-electron chi connectivity index (χ3n) is 7.87. The Morgan fingerprint density at radius 2 is 1.68 bits per heavy atom. The Hall–Kier alpha value is -4.29. The molecule has 226 valence electrons. The smallest absolute Gasteiger partial charge is 0.289 e. The van der Waals surface area contributed by atoms with E-state index < -0.39 is 20.6 Å². The molecule has 0 spiro atoms. The van der Waals surface area contributed by atoms with Crippen molar-refractivity contribution in [2.24, 2.45) is 0 Å². The average Bonchev–Trinajstić information content (AvgIpc) is 3.38. The molecule has 1 aliphatic rings. The molecule has 0 bridgehead atoms. The summed E-state index contributed by atoms with van der Waals surface area (Å²) in [6, 6.07) is 23.8. The Bertz CT molecular complexity index is 1990. The van der Waals surface area contributed by atoms with Crippen LogP contribution in [-0.4, -0.2) is 65.2 Å². The highest BCUT2D eigenvalue weighted by atomic mass is 35.5. The number of sulfonamides is 1. The van der Waals surface area contributed by atoms with Crippen molar-refractivity contribution in [2.75, 3.05) is 33.3 Å². The summed E-state index contributed by atoms with van der Waals surface area (Å²) in [7, 11) is -2.31. The van der Waals surface area contributed by atoms with Gasteiger partial charge in [0.2, 0.25) is 10.0 Å². The van der Waals surface area contributed by atoms with E-state index in [2.05, 4.69) is 46.7 Å². The molecule has 10 nitrogen and oxygen atoms in total. The first-order valence-corrected chi connectivity index (χ1v) is 15.8. The van der Waals surface area contributed by atoms with E-state index in [0.717, 1.165) is 45.5 Å². The van der Waals surface area contributed by atoms with Crippen molar-refractivity contribution in [3.05, 3.63) is 111 Å². The lowest BCUT2D eigenvalue weighted by atomic mass is 10.1. The number of hydrogen-bond acceptors (Lipinski definition) is 7. The number of aromatic nitrogens is 2. The van der Waals surface area contributed by atoms with E-state index in [1.165, 1.54) is 22.0 Å². The van der Waals surface area contributed by atoms with Gasteiger partial charge in [-0.05, 0) is 54.4 Å². The van der Waals surface area contributed by atoms with Crippen LogP contribution in [-0.2, 0) is 16.6 Å². The van der Waals surface area contributed by atoms with Crippen LogP contribution in [0.4, 0.5) is 5.69 Å². The van der Waals surface area contributed by atoms with Crippen molar-refractivity contribution in [3.8, 4) is 28.1 Å². The lowest BCUT2D eigenvalue weighted by Gasteiger charge is -2.34. The molecular formula is C32H30ClN5O5S. The van der Waals surface area contributed by atoms with Gasteiger partial charge in [-0.1, -0.05) is 53.6 Å². The first-order valence-electron chi connectivity index (χ1n) is 14.0. The first-order chi connectivity index (χ1) is 21.1. The fourth-order valence-electron chi connectivity index (χ4n) is 5.52. The number of ether oxygens (including phenoxy) is 1. The maximum atomic E-state index is 13.4. The molecule has 1 aliphatic heterocycles. The SMILES string of the molecule is COc1cccc(-c2nc3ccc(-c4cccc(C)c4)cn3c2CN2CCN(S(=O)(=O)c3ccc(Cl)c([N+](=O)[O-])c3)CC2)c1. The zero-order valence-electron chi connectivity index (χ0n) is 24.2. The molecule has 0 aliphatic carbocycles. The Labute approximate surface area is 260 Å². The lowest BCUT2D eigenvalue weighted by Crippen LogP contribution is -2.48. The van der Waals surface area contributed by atoms with Gasteiger partial charge < -0.3 is 9.14 Å². The van der Waals surface area contributed by atoms with Crippen LogP contribution in [0.1, 0.15) is 11.3 Å². The summed E-state index contributed by atoms with van der Waals surface area (Å²) >= 11 is 5.91. The molecule has 6 rings (SSSR count). The number of halogens is 1. The lowest BCUT2D eigenvalue weighted by molar-refractivity contribution is -0.384. The Morgan fingerprint density at radius 3 is 2.41 bits per heavy atom.